The molecule has 1 heterocycles. The zero-order valence-electron chi connectivity index (χ0n) is 13.3. The number of hydrogen-bond acceptors (Lipinski definition) is 3. The van der Waals surface area contributed by atoms with E-state index in [1.165, 1.54) is 25.7 Å². The molecule has 3 rings (SSSR count). The third-order valence-electron chi connectivity index (χ3n) is 5.82. The van der Waals surface area contributed by atoms with Crippen molar-refractivity contribution in [3.8, 4) is 0 Å². The van der Waals surface area contributed by atoms with E-state index in [9.17, 15) is 14.7 Å². The van der Waals surface area contributed by atoms with Gasteiger partial charge >= 0.3 is 5.97 Å². The van der Waals surface area contributed by atoms with Gasteiger partial charge < -0.3 is 10.4 Å². The van der Waals surface area contributed by atoms with E-state index in [1.54, 1.807) is 0 Å². The van der Waals surface area contributed by atoms with E-state index in [0.717, 1.165) is 32.1 Å². The molecule has 22 heavy (non-hydrogen) atoms. The van der Waals surface area contributed by atoms with E-state index >= 15 is 0 Å². The van der Waals surface area contributed by atoms with Gasteiger partial charge in [-0.3, -0.25) is 14.5 Å². The Balaban J connectivity index is 1.54. The number of carboxylic acid groups (broad SMARTS) is 1. The summed E-state index contributed by atoms with van der Waals surface area (Å²) in [6.07, 6.45) is 10.5. The van der Waals surface area contributed by atoms with Gasteiger partial charge in [0.25, 0.3) is 0 Å². The Morgan fingerprint density at radius 1 is 1.05 bits per heavy atom. The first-order chi connectivity index (χ1) is 10.6. The van der Waals surface area contributed by atoms with Gasteiger partial charge in [-0.1, -0.05) is 25.7 Å². The molecule has 0 aromatic carbocycles. The molecule has 0 radical (unpaired) electrons. The number of carboxylic acids is 1. The third kappa shape index (κ3) is 3.45. The number of hydrogen-bond donors (Lipinski definition) is 2. The van der Waals surface area contributed by atoms with Crippen molar-refractivity contribution in [3.63, 3.8) is 0 Å². The van der Waals surface area contributed by atoms with Gasteiger partial charge in [0.05, 0.1) is 0 Å². The van der Waals surface area contributed by atoms with E-state index in [4.69, 9.17) is 0 Å². The summed E-state index contributed by atoms with van der Waals surface area (Å²) >= 11 is 0. The first kappa shape index (κ1) is 15.8. The van der Waals surface area contributed by atoms with Crippen LogP contribution in [0.15, 0.2) is 0 Å². The van der Waals surface area contributed by atoms with Crippen molar-refractivity contribution >= 4 is 11.9 Å². The van der Waals surface area contributed by atoms with Crippen LogP contribution in [0, 0.1) is 5.92 Å². The molecule has 0 aromatic heterocycles. The van der Waals surface area contributed by atoms with Crippen molar-refractivity contribution in [1.82, 2.24) is 10.2 Å². The number of nitrogens with zero attached hydrogens (tertiary/aromatic N) is 1. The molecule has 2 N–H and O–H groups in total. The fraction of sp³-hybridized carbons (Fsp3) is 0.882. The molecular weight excluding hydrogens is 280 g/mol. The van der Waals surface area contributed by atoms with Crippen LogP contribution in [-0.4, -0.2) is 46.6 Å². The number of likely N-dealkylation sites (tertiary alicyclic amines) is 1. The van der Waals surface area contributed by atoms with Crippen LogP contribution in [0.4, 0.5) is 0 Å². The van der Waals surface area contributed by atoms with Gasteiger partial charge in [-0.2, -0.15) is 0 Å². The average molecular weight is 308 g/mol. The van der Waals surface area contributed by atoms with Crippen molar-refractivity contribution in [2.75, 3.05) is 6.54 Å². The monoisotopic (exact) mass is 308 g/mol. The molecule has 2 saturated carbocycles. The van der Waals surface area contributed by atoms with Gasteiger partial charge in [0, 0.05) is 25.0 Å². The number of carbonyl (C=O) groups excluding carboxylic acids is 1. The minimum Gasteiger partial charge on any atom is -0.480 e. The van der Waals surface area contributed by atoms with Crippen molar-refractivity contribution in [2.24, 2.45) is 5.92 Å². The van der Waals surface area contributed by atoms with Crippen LogP contribution in [0.3, 0.4) is 0 Å². The van der Waals surface area contributed by atoms with Crippen LogP contribution < -0.4 is 5.32 Å². The quantitative estimate of drug-likeness (QED) is 0.816. The first-order valence-electron chi connectivity index (χ1n) is 8.93. The zero-order valence-corrected chi connectivity index (χ0v) is 13.3. The van der Waals surface area contributed by atoms with Gasteiger partial charge in [0.15, 0.2) is 0 Å². The van der Waals surface area contributed by atoms with Gasteiger partial charge in [0.1, 0.15) is 6.04 Å². The first-order valence-corrected chi connectivity index (χ1v) is 8.93. The molecule has 1 saturated heterocycles. The van der Waals surface area contributed by atoms with Crippen molar-refractivity contribution < 1.29 is 14.7 Å². The fourth-order valence-corrected chi connectivity index (χ4v) is 4.72. The van der Waals surface area contributed by atoms with E-state index in [2.05, 4.69) is 10.2 Å². The molecule has 1 aliphatic heterocycles. The molecule has 3 aliphatic rings. The van der Waals surface area contributed by atoms with Crippen LogP contribution in [0.25, 0.3) is 0 Å². The lowest BCUT2D eigenvalue weighted by molar-refractivity contribution is -0.143. The Kier molecular flexibility index (Phi) is 5.01. The topological polar surface area (TPSA) is 69.6 Å². The summed E-state index contributed by atoms with van der Waals surface area (Å²) in [5.74, 6) is -0.103. The lowest BCUT2D eigenvalue weighted by Crippen LogP contribution is -2.44. The molecule has 0 aromatic rings. The highest BCUT2D eigenvalue weighted by Gasteiger charge is 2.44. The Morgan fingerprint density at radius 3 is 2.45 bits per heavy atom. The molecule has 2 aliphatic carbocycles. The minimum absolute atomic E-state index is 0.0929. The van der Waals surface area contributed by atoms with E-state index in [-0.39, 0.29) is 11.9 Å². The smallest absolute Gasteiger partial charge is 0.320 e. The molecule has 1 amide bonds. The summed E-state index contributed by atoms with van der Waals surface area (Å²) < 4.78 is 0. The molecule has 0 bridgehead atoms. The summed E-state index contributed by atoms with van der Waals surface area (Å²) in [7, 11) is 0. The Bertz CT molecular complexity index is 420. The second kappa shape index (κ2) is 6.99. The molecule has 5 nitrogen and oxygen atoms in total. The van der Waals surface area contributed by atoms with Crippen LogP contribution in [0.5, 0.6) is 0 Å². The SMILES string of the molecule is O=C(CCN1C(C(=O)O)CC2CCCCC21)NC1CCCC1. The summed E-state index contributed by atoms with van der Waals surface area (Å²) in [6, 6.07) is 0.352. The fourth-order valence-electron chi connectivity index (χ4n) is 4.72. The predicted octanol–water partition coefficient (Wildman–Crippen LogP) is 2.15. The molecular formula is C17H28N2O3. The summed E-state index contributed by atoms with van der Waals surface area (Å²) in [4.78, 5) is 25.8. The largest absolute Gasteiger partial charge is 0.480 e. The van der Waals surface area contributed by atoms with Crippen molar-refractivity contribution in [3.05, 3.63) is 0 Å². The second-order valence-corrected chi connectivity index (χ2v) is 7.24. The maximum Gasteiger partial charge on any atom is 0.320 e. The second-order valence-electron chi connectivity index (χ2n) is 7.24. The lowest BCUT2D eigenvalue weighted by Gasteiger charge is -2.32. The maximum atomic E-state index is 12.1. The van der Waals surface area contributed by atoms with Crippen LogP contribution in [0.1, 0.15) is 64.2 Å². The number of carbonyl (C=O) groups is 2. The van der Waals surface area contributed by atoms with Gasteiger partial charge in [0.2, 0.25) is 5.91 Å². The minimum atomic E-state index is -0.717. The molecule has 3 atom stereocenters. The molecule has 3 fully saturated rings. The molecule has 3 unspecified atom stereocenters. The Labute approximate surface area is 132 Å². The van der Waals surface area contributed by atoms with Crippen molar-refractivity contribution in [2.45, 2.75) is 82.3 Å². The number of rotatable bonds is 5. The van der Waals surface area contributed by atoms with Crippen molar-refractivity contribution in [1.29, 1.82) is 0 Å². The highest BCUT2D eigenvalue weighted by molar-refractivity contribution is 5.77. The number of aliphatic carboxylic acids is 1. The Hall–Kier alpha value is -1.10. The van der Waals surface area contributed by atoms with E-state index in [1.807, 2.05) is 0 Å². The summed E-state index contributed by atoms with van der Waals surface area (Å²) in [5.41, 5.74) is 0. The summed E-state index contributed by atoms with van der Waals surface area (Å²) in [6.45, 7) is 0.594. The number of nitrogens with one attached hydrogen (secondary N) is 1. The van der Waals surface area contributed by atoms with Crippen LogP contribution in [-0.2, 0) is 9.59 Å². The standard InChI is InChI=1S/C17H28N2O3/c20-16(18-13-6-2-3-7-13)9-10-19-14-8-4-1-5-12(14)11-15(19)17(21)22/h12-15H,1-11H2,(H,18,20)(H,21,22). The lowest BCUT2D eigenvalue weighted by atomic mass is 9.85. The predicted molar refractivity (Wildman–Crippen MR) is 83.5 cm³/mol. The van der Waals surface area contributed by atoms with Gasteiger partial charge in [-0.15, -0.1) is 0 Å². The molecule has 5 heteroatoms. The number of amides is 1. The highest BCUT2D eigenvalue weighted by atomic mass is 16.4. The molecule has 0 spiro atoms. The number of fused-ring (bicyclic) bond motifs is 1. The van der Waals surface area contributed by atoms with Gasteiger partial charge in [-0.05, 0) is 38.0 Å². The average Bonchev–Trinajstić information content (AvgIpc) is 3.12. The summed E-state index contributed by atoms with van der Waals surface area (Å²) in [5, 5.41) is 12.6. The Morgan fingerprint density at radius 2 is 1.73 bits per heavy atom. The van der Waals surface area contributed by atoms with Crippen LogP contribution >= 0.6 is 0 Å². The van der Waals surface area contributed by atoms with Crippen LogP contribution in [0.2, 0.25) is 0 Å². The zero-order chi connectivity index (χ0) is 15.5. The maximum absolute atomic E-state index is 12.1. The normalized spacial score (nSPS) is 32.8. The molecule has 124 valence electrons. The van der Waals surface area contributed by atoms with E-state index < -0.39 is 5.97 Å². The van der Waals surface area contributed by atoms with Gasteiger partial charge in [-0.25, -0.2) is 0 Å². The van der Waals surface area contributed by atoms with E-state index in [0.29, 0.717) is 31.0 Å². The third-order valence-corrected chi connectivity index (χ3v) is 5.82. The highest BCUT2D eigenvalue weighted by Crippen LogP contribution is 2.39.